The lowest BCUT2D eigenvalue weighted by Crippen LogP contribution is -2.12. The molecule has 106 valence electrons. The van der Waals surface area contributed by atoms with Gasteiger partial charge in [0.05, 0.1) is 0 Å². The minimum Gasteiger partial charge on any atom is -0.360 e. The van der Waals surface area contributed by atoms with Crippen LogP contribution >= 0.6 is 11.8 Å². The molecule has 0 spiro atoms. The van der Waals surface area contributed by atoms with Crippen LogP contribution in [0.25, 0.3) is 0 Å². The summed E-state index contributed by atoms with van der Waals surface area (Å²) in [6, 6.07) is 8.05. The first-order chi connectivity index (χ1) is 9.63. The number of carbonyl (C=O) groups excluding carboxylic acids is 1. The van der Waals surface area contributed by atoms with E-state index in [2.05, 4.69) is 10.5 Å². The molecule has 0 unspecified atom stereocenters. The molecule has 1 heterocycles. The van der Waals surface area contributed by atoms with E-state index < -0.39 is 0 Å². The van der Waals surface area contributed by atoms with Crippen molar-refractivity contribution in [2.45, 2.75) is 19.1 Å². The number of amides is 1. The Kier molecular flexibility index (Phi) is 5.17. The lowest BCUT2D eigenvalue weighted by Gasteiger charge is -2.02. The predicted molar refractivity (Wildman–Crippen MR) is 77.0 cm³/mol. The van der Waals surface area contributed by atoms with Gasteiger partial charge in [0.25, 0.3) is 0 Å². The van der Waals surface area contributed by atoms with E-state index in [0.29, 0.717) is 23.8 Å². The molecule has 20 heavy (non-hydrogen) atoms. The Hall–Kier alpha value is -1.82. The Bertz CT molecular complexity index is 569. The van der Waals surface area contributed by atoms with Gasteiger partial charge in [0.2, 0.25) is 5.91 Å². The summed E-state index contributed by atoms with van der Waals surface area (Å²) in [4.78, 5) is 11.6. The van der Waals surface area contributed by atoms with E-state index in [-0.39, 0.29) is 11.7 Å². The van der Waals surface area contributed by atoms with Crippen LogP contribution in [0.15, 0.2) is 34.9 Å². The predicted octanol–water partition coefficient (Wildman–Crippen LogP) is 3.38. The third kappa shape index (κ3) is 4.70. The minimum atomic E-state index is -0.235. The molecule has 0 atom stereocenters. The van der Waals surface area contributed by atoms with Crippen LogP contribution in [0.2, 0.25) is 0 Å². The standard InChI is InChI=1S/C14H15FN2O2S/c1-10-8-13(17-19-10)16-14(18)6-7-20-9-11-2-4-12(15)5-3-11/h2-5,8H,6-7,9H2,1H3,(H,16,17,18). The number of nitrogens with one attached hydrogen (secondary N) is 1. The van der Waals surface area contributed by atoms with Crippen molar-refractivity contribution >= 4 is 23.5 Å². The first-order valence-electron chi connectivity index (χ1n) is 6.19. The highest BCUT2D eigenvalue weighted by Crippen LogP contribution is 2.14. The van der Waals surface area contributed by atoms with Crippen molar-refractivity contribution in [2.24, 2.45) is 0 Å². The number of benzene rings is 1. The fourth-order valence-corrected chi connectivity index (χ4v) is 2.47. The summed E-state index contributed by atoms with van der Waals surface area (Å²) in [6.07, 6.45) is 0.401. The molecular formula is C14H15FN2O2S. The van der Waals surface area contributed by atoms with Crippen LogP contribution in [0.4, 0.5) is 10.2 Å². The zero-order valence-electron chi connectivity index (χ0n) is 11.1. The van der Waals surface area contributed by atoms with Gasteiger partial charge < -0.3 is 9.84 Å². The van der Waals surface area contributed by atoms with Crippen LogP contribution in [0.5, 0.6) is 0 Å². The molecule has 0 aliphatic carbocycles. The van der Waals surface area contributed by atoms with E-state index >= 15 is 0 Å². The third-order valence-electron chi connectivity index (χ3n) is 2.55. The molecule has 0 aliphatic rings. The number of aromatic nitrogens is 1. The second kappa shape index (κ2) is 7.09. The second-order valence-corrected chi connectivity index (χ2v) is 5.41. The van der Waals surface area contributed by atoms with Crippen LogP contribution in [0, 0.1) is 12.7 Å². The van der Waals surface area contributed by atoms with Gasteiger partial charge >= 0.3 is 0 Å². The number of aryl methyl sites for hydroxylation is 1. The third-order valence-corrected chi connectivity index (χ3v) is 3.58. The summed E-state index contributed by atoms with van der Waals surface area (Å²) < 4.78 is 17.6. The highest BCUT2D eigenvalue weighted by molar-refractivity contribution is 7.98. The molecule has 6 heteroatoms. The number of hydrogen-bond acceptors (Lipinski definition) is 4. The van der Waals surface area contributed by atoms with Crippen LogP contribution in [-0.2, 0) is 10.5 Å². The Morgan fingerprint density at radius 1 is 1.40 bits per heavy atom. The Morgan fingerprint density at radius 3 is 2.80 bits per heavy atom. The number of rotatable bonds is 6. The van der Waals surface area contributed by atoms with Crippen LogP contribution < -0.4 is 5.32 Å². The zero-order valence-corrected chi connectivity index (χ0v) is 11.9. The lowest BCUT2D eigenvalue weighted by atomic mass is 10.2. The van der Waals surface area contributed by atoms with Gasteiger partial charge in [-0.05, 0) is 24.6 Å². The molecule has 0 bridgehead atoms. The van der Waals surface area contributed by atoms with Gasteiger partial charge in [-0.25, -0.2) is 4.39 Å². The second-order valence-electron chi connectivity index (χ2n) is 4.30. The summed E-state index contributed by atoms with van der Waals surface area (Å²) in [5.41, 5.74) is 1.05. The van der Waals surface area contributed by atoms with E-state index in [0.717, 1.165) is 11.3 Å². The lowest BCUT2D eigenvalue weighted by molar-refractivity contribution is -0.115. The van der Waals surface area contributed by atoms with Gasteiger partial charge in [-0.15, -0.1) is 0 Å². The van der Waals surface area contributed by atoms with Crippen molar-refractivity contribution in [2.75, 3.05) is 11.1 Å². The number of halogens is 1. The molecule has 2 aromatic rings. The normalized spacial score (nSPS) is 10.5. The molecule has 1 amide bonds. The molecule has 0 aliphatic heterocycles. The maximum Gasteiger partial charge on any atom is 0.226 e. The highest BCUT2D eigenvalue weighted by Gasteiger charge is 2.06. The number of anilines is 1. The maximum atomic E-state index is 12.7. The molecule has 0 saturated carbocycles. The molecule has 1 aromatic heterocycles. The van der Waals surface area contributed by atoms with Crippen LogP contribution in [0.3, 0.4) is 0 Å². The Balaban J connectivity index is 1.65. The molecule has 4 nitrogen and oxygen atoms in total. The Labute approximate surface area is 120 Å². The average Bonchev–Trinajstić information content (AvgIpc) is 2.82. The highest BCUT2D eigenvalue weighted by atomic mass is 32.2. The fourth-order valence-electron chi connectivity index (χ4n) is 1.57. The first kappa shape index (κ1) is 14.6. The van der Waals surface area contributed by atoms with E-state index in [1.807, 2.05) is 0 Å². The zero-order chi connectivity index (χ0) is 14.4. The molecule has 0 radical (unpaired) electrons. The summed E-state index contributed by atoms with van der Waals surface area (Å²) in [5, 5.41) is 6.35. The van der Waals surface area contributed by atoms with Crippen molar-refractivity contribution in [3.05, 3.63) is 47.5 Å². The SMILES string of the molecule is Cc1cc(NC(=O)CCSCc2ccc(F)cc2)no1. The van der Waals surface area contributed by atoms with Gasteiger partial charge in [-0.1, -0.05) is 17.3 Å². The van der Waals surface area contributed by atoms with Gasteiger partial charge in [-0.3, -0.25) is 4.79 Å². The topological polar surface area (TPSA) is 55.1 Å². The minimum absolute atomic E-state index is 0.0927. The first-order valence-corrected chi connectivity index (χ1v) is 7.34. The molecule has 0 saturated heterocycles. The summed E-state index contributed by atoms with van der Waals surface area (Å²) in [5.74, 6) is 2.23. The Morgan fingerprint density at radius 2 is 2.15 bits per heavy atom. The number of hydrogen-bond donors (Lipinski definition) is 1. The van der Waals surface area contributed by atoms with Gasteiger partial charge in [0.1, 0.15) is 11.6 Å². The van der Waals surface area contributed by atoms with Gasteiger partial charge in [0.15, 0.2) is 5.82 Å². The van der Waals surface area contributed by atoms with Crippen molar-refractivity contribution < 1.29 is 13.7 Å². The van der Waals surface area contributed by atoms with E-state index in [4.69, 9.17) is 4.52 Å². The number of nitrogens with zero attached hydrogens (tertiary/aromatic N) is 1. The van der Waals surface area contributed by atoms with Crippen LogP contribution in [0.1, 0.15) is 17.7 Å². The number of carbonyl (C=O) groups is 1. The fraction of sp³-hybridized carbons (Fsp3) is 0.286. The van der Waals surface area contributed by atoms with Gasteiger partial charge in [0, 0.05) is 24.0 Å². The van der Waals surface area contributed by atoms with Crippen molar-refractivity contribution in [1.29, 1.82) is 0 Å². The van der Waals surface area contributed by atoms with Crippen molar-refractivity contribution in [1.82, 2.24) is 5.16 Å². The monoisotopic (exact) mass is 294 g/mol. The van der Waals surface area contributed by atoms with Crippen molar-refractivity contribution in [3.63, 3.8) is 0 Å². The van der Waals surface area contributed by atoms with E-state index in [1.165, 1.54) is 12.1 Å². The summed E-state index contributed by atoms with van der Waals surface area (Å²) in [7, 11) is 0. The summed E-state index contributed by atoms with van der Waals surface area (Å²) >= 11 is 1.63. The van der Waals surface area contributed by atoms with E-state index in [9.17, 15) is 9.18 Å². The molecule has 1 N–H and O–H groups in total. The van der Waals surface area contributed by atoms with Crippen LogP contribution in [-0.4, -0.2) is 16.8 Å². The largest absolute Gasteiger partial charge is 0.360 e. The quantitative estimate of drug-likeness (QED) is 0.830. The average molecular weight is 294 g/mol. The van der Waals surface area contributed by atoms with Gasteiger partial charge in [-0.2, -0.15) is 11.8 Å². The van der Waals surface area contributed by atoms with E-state index in [1.54, 1.807) is 36.9 Å². The maximum absolute atomic E-state index is 12.7. The summed E-state index contributed by atoms with van der Waals surface area (Å²) in [6.45, 7) is 1.77. The molecule has 0 fully saturated rings. The number of thioether (sulfide) groups is 1. The smallest absolute Gasteiger partial charge is 0.226 e. The molecule has 1 aromatic carbocycles. The van der Waals surface area contributed by atoms with Crippen molar-refractivity contribution in [3.8, 4) is 0 Å². The molecule has 2 rings (SSSR count). The molecular weight excluding hydrogens is 279 g/mol.